The second-order valence-electron chi connectivity index (χ2n) is 3.06. The smallest absolute Gasteiger partial charge is 0.141 e. The molecule has 2 aromatic rings. The van der Waals surface area contributed by atoms with E-state index in [0.29, 0.717) is 20.6 Å². The van der Waals surface area contributed by atoms with Crippen LogP contribution in [0.1, 0.15) is 0 Å². The Morgan fingerprint density at radius 3 is 2.75 bits per heavy atom. The largest absolute Gasteiger partial charge is 0.495 e. The first-order chi connectivity index (χ1) is 7.72. The molecule has 1 aromatic heterocycles. The van der Waals surface area contributed by atoms with Gasteiger partial charge in [-0.2, -0.15) is 0 Å². The number of rotatable bonds is 2. The Hall–Kier alpha value is -1.24. The van der Waals surface area contributed by atoms with Crippen molar-refractivity contribution in [3.63, 3.8) is 0 Å². The molecule has 1 heterocycles. The molecular weight excluding hydrogens is 322 g/mol. The molecule has 0 aliphatic rings. The molecule has 0 amide bonds. The zero-order valence-corrected chi connectivity index (χ0v) is 10.6. The molecule has 0 aliphatic heterocycles. The summed E-state index contributed by atoms with van der Waals surface area (Å²) in [6, 6.07) is 2.81. The number of hydrogen-bond acceptors (Lipinski definition) is 3. The Balaban J connectivity index is 2.64. The summed E-state index contributed by atoms with van der Waals surface area (Å²) in [5, 5.41) is 0. The van der Waals surface area contributed by atoms with Crippen LogP contribution < -0.4 is 4.74 Å². The normalized spacial score (nSPS) is 10.2. The maximum absolute atomic E-state index is 13.3. The molecule has 0 bridgehead atoms. The van der Waals surface area contributed by atoms with Crippen LogP contribution in [0.2, 0.25) is 0 Å². The van der Waals surface area contributed by atoms with E-state index in [1.54, 1.807) is 25.7 Å². The number of aromatic nitrogens is 2. The molecule has 82 valence electrons. The lowest BCUT2D eigenvalue weighted by molar-refractivity contribution is 0.412. The highest BCUT2D eigenvalue weighted by Gasteiger charge is 2.12. The molecule has 0 spiro atoms. The molecular formula is C11H8FIN2O. The highest BCUT2D eigenvalue weighted by molar-refractivity contribution is 14.1. The molecule has 0 radical (unpaired) electrons. The molecule has 0 N–H and O–H groups in total. The van der Waals surface area contributed by atoms with E-state index < -0.39 is 0 Å². The topological polar surface area (TPSA) is 35.0 Å². The maximum atomic E-state index is 13.3. The quantitative estimate of drug-likeness (QED) is 0.795. The van der Waals surface area contributed by atoms with Gasteiger partial charge in [-0.05, 0) is 34.7 Å². The van der Waals surface area contributed by atoms with Crippen LogP contribution in [0, 0.1) is 9.39 Å². The number of benzene rings is 1. The Morgan fingerprint density at radius 1 is 1.31 bits per heavy atom. The summed E-state index contributed by atoms with van der Waals surface area (Å²) in [4.78, 5) is 8.08. The van der Waals surface area contributed by atoms with Gasteiger partial charge in [0.2, 0.25) is 0 Å². The molecule has 2 rings (SSSR count). The van der Waals surface area contributed by atoms with Crippen LogP contribution in [0.15, 0.2) is 30.7 Å². The van der Waals surface area contributed by atoms with E-state index in [2.05, 4.69) is 9.97 Å². The van der Waals surface area contributed by atoms with Crippen molar-refractivity contribution in [1.29, 1.82) is 0 Å². The van der Waals surface area contributed by atoms with Crippen LogP contribution in [0.3, 0.4) is 0 Å². The van der Waals surface area contributed by atoms with E-state index in [1.807, 2.05) is 22.6 Å². The predicted molar refractivity (Wildman–Crippen MR) is 66.7 cm³/mol. The van der Waals surface area contributed by atoms with E-state index in [1.165, 1.54) is 12.1 Å². The zero-order valence-electron chi connectivity index (χ0n) is 8.45. The SMILES string of the molecule is COc1c(I)cc(F)cc1-c1cnccn1. The van der Waals surface area contributed by atoms with Crippen molar-refractivity contribution in [3.8, 4) is 17.0 Å². The van der Waals surface area contributed by atoms with Crippen LogP contribution in [-0.4, -0.2) is 17.1 Å². The number of methoxy groups -OCH3 is 1. The first-order valence-electron chi connectivity index (χ1n) is 4.52. The summed E-state index contributed by atoms with van der Waals surface area (Å²) in [7, 11) is 1.55. The van der Waals surface area contributed by atoms with Crippen molar-refractivity contribution in [2.75, 3.05) is 7.11 Å². The van der Waals surface area contributed by atoms with Crippen molar-refractivity contribution in [3.05, 3.63) is 40.1 Å². The Labute approximate surface area is 106 Å². The lowest BCUT2D eigenvalue weighted by Gasteiger charge is -2.09. The van der Waals surface area contributed by atoms with E-state index in [4.69, 9.17) is 4.74 Å². The number of nitrogens with zero attached hydrogens (tertiary/aromatic N) is 2. The van der Waals surface area contributed by atoms with Gasteiger partial charge in [0.05, 0.1) is 22.6 Å². The Bertz CT molecular complexity index is 505. The summed E-state index contributed by atoms with van der Waals surface area (Å²) in [6.45, 7) is 0. The van der Waals surface area contributed by atoms with Crippen molar-refractivity contribution >= 4 is 22.6 Å². The second-order valence-corrected chi connectivity index (χ2v) is 4.22. The first-order valence-corrected chi connectivity index (χ1v) is 5.59. The minimum Gasteiger partial charge on any atom is -0.495 e. The molecule has 5 heteroatoms. The first kappa shape index (κ1) is 11.3. The molecule has 3 nitrogen and oxygen atoms in total. The fourth-order valence-corrected chi connectivity index (χ4v) is 2.20. The molecule has 0 unspecified atom stereocenters. The summed E-state index contributed by atoms with van der Waals surface area (Å²) < 4.78 is 19.3. The molecule has 0 aliphatic carbocycles. The molecule has 16 heavy (non-hydrogen) atoms. The average Bonchev–Trinajstić information content (AvgIpc) is 2.29. The van der Waals surface area contributed by atoms with Gasteiger partial charge in [-0.25, -0.2) is 4.39 Å². The van der Waals surface area contributed by atoms with E-state index >= 15 is 0 Å². The molecule has 0 atom stereocenters. The van der Waals surface area contributed by atoms with E-state index in [0.717, 1.165) is 0 Å². The zero-order chi connectivity index (χ0) is 11.5. The van der Waals surface area contributed by atoms with E-state index in [9.17, 15) is 4.39 Å². The summed E-state index contributed by atoms with van der Waals surface area (Å²) in [5.74, 6) is 0.299. The minimum absolute atomic E-state index is 0.314. The van der Waals surface area contributed by atoms with Gasteiger partial charge in [0.15, 0.2) is 0 Å². The number of ether oxygens (including phenoxy) is 1. The molecule has 1 aromatic carbocycles. The van der Waals surface area contributed by atoms with Crippen LogP contribution in [0.4, 0.5) is 4.39 Å². The van der Waals surface area contributed by atoms with Gasteiger partial charge in [-0.15, -0.1) is 0 Å². The molecule has 0 saturated carbocycles. The highest BCUT2D eigenvalue weighted by Crippen LogP contribution is 2.33. The molecule has 0 fully saturated rings. The lowest BCUT2D eigenvalue weighted by atomic mass is 10.1. The maximum Gasteiger partial charge on any atom is 0.141 e. The van der Waals surface area contributed by atoms with Crippen LogP contribution in [-0.2, 0) is 0 Å². The molecule has 0 saturated heterocycles. The van der Waals surface area contributed by atoms with Crippen LogP contribution in [0.25, 0.3) is 11.3 Å². The lowest BCUT2D eigenvalue weighted by Crippen LogP contribution is -1.94. The van der Waals surface area contributed by atoms with Gasteiger partial charge in [-0.3, -0.25) is 9.97 Å². The number of halogens is 2. The summed E-state index contributed by atoms with van der Waals surface area (Å²) in [6.07, 6.45) is 4.71. The van der Waals surface area contributed by atoms with Crippen molar-refractivity contribution in [2.24, 2.45) is 0 Å². The highest BCUT2D eigenvalue weighted by atomic mass is 127. The fraction of sp³-hybridized carbons (Fsp3) is 0.0909. The van der Waals surface area contributed by atoms with Gasteiger partial charge < -0.3 is 4.74 Å². The Kier molecular flexibility index (Phi) is 3.33. The van der Waals surface area contributed by atoms with Gasteiger partial charge in [-0.1, -0.05) is 0 Å². The van der Waals surface area contributed by atoms with Crippen molar-refractivity contribution in [1.82, 2.24) is 9.97 Å². The minimum atomic E-state index is -0.314. The average molecular weight is 330 g/mol. The number of hydrogen-bond donors (Lipinski definition) is 0. The van der Waals surface area contributed by atoms with Gasteiger partial charge in [0.25, 0.3) is 0 Å². The van der Waals surface area contributed by atoms with E-state index in [-0.39, 0.29) is 5.82 Å². The third kappa shape index (κ3) is 2.13. The second kappa shape index (κ2) is 4.73. The Morgan fingerprint density at radius 2 is 2.12 bits per heavy atom. The van der Waals surface area contributed by atoms with Crippen LogP contribution >= 0.6 is 22.6 Å². The monoisotopic (exact) mass is 330 g/mol. The fourth-order valence-electron chi connectivity index (χ4n) is 1.40. The van der Waals surface area contributed by atoms with Crippen molar-refractivity contribution < 1.29 is 9.13 Å². The third-order valence-electron chi connectivity index (χ3n) is 2.05. The van der Waals surface area contributed by atoms with Gasteiger partial charge in [0.1, 0.15) is 11.6 Å². The van der Waals surface area contributed by atoms with Crippen LogP contribution in [0.5, 0.6) is 5.75 Å². The summed E-state index contributed by atoms with van der Waals surface area (Å²) >= 11 is 2.03. The van der Waals surface area contributed by atoms with Gasteiger partial charge >= 0.3 is 0 Å². The third-order valence-corrected chi connectivity index (χ3v) is 2.85. The van der Waals surface area contributed by atoms with Gasteiger partial charge in [0, 0.05) is 18.0 Å². The predicted octanol–water partition coefficient (Wildman–Crippen LogP) is 2.90. The standard InChI is InChI=1S/C11H8FIN2O/c1-16-11-8(4-7(12)5-9(11)13)10-6-14-2-3-15-10/h2-6H,1H3. The van der Waals surface area contributed by atoms with Crippen molar-refractivity contribution in [2.45, 2.75) is 0 Å². The summed E-state index contributed by atoms with van der Waals surface area (Å²) in [5.41, 5.74) is 1.21.